The zero-order chi connectivity index (χ0) is 20.5. The quantitative estimate of drug-likeness (QED) is 0.735. The molecule has 0 aliphatic carbocycles. The molecule has 8 nitrogen and oxygen atoms in total. The first kappa shape index (κ1) is 20.2. The molecule has 3 rings (SSSR count). The maximum Gasteiger partial charge on any atom is 0.261 e. The summed E-state index contributed by atoms with van der Waals surface area (Å²) in [5.74, 6) is 0.838. The molecule has 0 aromatic heterocycles. The topological polar surface area (TPSA) is 103 Å². The first-order chi connectivity index (χ1) is 13.3. The summed E-state index contributed by atoms with van der Waals surface area (Å²) in [7, 11) is 0.443. The molecule has 10 heteroatoms. The number of carbonyl (C=O) groups excluding carboxylic acids is 1. The molecule has 2 aromatic carbocycles. The van der Waals surface area contributed by atoms with E-state index >= 15 is 0 Å². The van der Waals surface area contributed by atoms with Crippen LogP contribution in [0.15, 0.2) is 40.1 Å². The molecule has 0 radical (unpaired) electrons. The highest BCUT2D eigenvalue weighted by Crippen LogP contribution is 2.41. The Balaban J connectivity index is 1.95. The highest BCUT2D eigenvalue weighted by atomic mass is 32.2. The Morgan fingerprint density at radius 3 is 2.25 bits per heavy atom. The number of rotatable bonds is 6. The van der Waals surface area contributed by atoms with Crippen molar-refractivity contribution in [2.45, 2.75) is 22.0 Å². The van der Waals surface area contributed by atoms with Gasteiger partial charge in [-0.05, 0) is 25.1 Å². The summed E-state index contributed by atoms with van der Waals surface area (Å²) in [6.07, 6.45) is 0. The van der Waals surface area contributed by atoms with Crippen LogP contribution in [0.2, 0.25) is 0 Å². The molecule has 1 aliphatic heterocycles. The van der Waals surface area contributed by atoms with Crippen LogP contribution < -0.4 is 24.2 Å². The molecule has 0 fully saturated rings. The lowest BCUT2D eigenvalue weighted by Crippen LogP contribution is -2.26. The predicted octanol–water partition coefficient (Wildman–Crippen LogP) is 2.95. The Kier molecular flexibility index (Phi) is 5.61. The average molecular weight is 425 g/mol. The molecule has 0 bridgehead atoms. The number of anilines is 2. The lowest BCUT2D eigenvalue weighted by atomic mass is 10.2. The molecule has 1 aliphatic rings. The average Bonchev–Trinajstić information content (AvgIpc) is 2.67. The molecule has 0 spiro atoms. The van der Waals surface area contributed by atoms with E-state index in [4.69, 9.17) is 14.2 Å². The van der Waals surface area contributed by atoms with Gasteiger partial charge in [-0.15, -0.1) is 11.8 Å². The summed E-state index contributed by atoms with van der Waals surface area (Å²) in [5, 5.41) is 2.50. The van der Waals surface area contributed by atoms with Crippen molar-refractivity contribution in [3.63, 3.8) is 0 Å². The van der Waals surface area contributed by atoms with Gasteiger partial charge in [0.05, 0.1) is 42.8 Å². The third-order valence-electron chi connectivity index (χ3n) is 4.11. The fourth-order valence-corrected chi connectivity index (χ4v) is 4.71. The van der Waals surface area contributed by atoms with Gasteiger partial charge in [-0.3, -0.25) is 9.52 Å². The zero-order valence-corrected chi connectivity index (χ0v) is 17.4. The first-order valence-electron chi connectivity index (χ1n) is 8.23. The van der Waals surface area contributed by atoms with Crippen LogP contribution in [-0.2, 0) is 14.8 Å². The Morgan fingerprint density at radius 2 is 1.68 bits per heavy atom. The van der Waals surface area contributed by atoms with Gasteiger partial charge in [0.1, 0.15) is 0 Å². The van der Waals surface area contributed by atoms with E-state index < -0.39 is 10.0 Å². The van der Waals surface area contributed by atoms with Gasteiger partial charge in [0.15, 0.2) is 11.5 Å². The fourth-order valence-electron chi connectivity index (χ4n) is 2.71. The van der Waals surface area contributed by atoms with E-state index in [1.165, 1.54) is 57.4 Å². The van der Waals surface area contributed by atoms with Crippen LogP contribution in [0.5, 0.6) is 17.2 Å². The van der Waals surface area contributed by atoms with E-state index in [9.17, 15) is 13.2 Å². The number of thioether (sulfide) groups is 1. The highest BCUT2D eigenvalue weighted by molar-refractivity contribution is 8.01. The van der Waals surface area contributed by atoms with E-state index in [1.807, 2.05) is 0 Å². The van der Waals surface area contributed by atoms with E-state index in [2.05, 4.69) is 10.0 Å². The first-order valence-corrected chi connectivity index (χ1v) is 10.6. The molecule has 2 N–H and O–H groups in total. The number of amides is 1. The number of hydrogen-bond acceptors (Lipinski definition) is 7. The summed E-state index contributed by atoms with van der Waals surface area (Å²) in [4.78, 5) is 12.7. The van der Waals surface area contributed by atoms with Crippen LogP contribution in [0.25, 0.3) is 0 Å². The molecular weight excluding hydrogens is 404 g/mol. The zero-order valence-electron chi connectivity index (χ0n) is 15.7. The number of carbonyl (C=O) groups is 1. The minimum Gasteiger partial charge on any atom is -0.493 e. The Morgan fingerprint density at radius 1 is 1.04 bits per heavy atom. The van der Waals surface area contributed by atoms with Crippen molar-refractivity contribution in [2.24, 2.45) is 0 Å². The third-order valence-corrected chi connectivity index (χ3v) is 6.67. The normalized spacial score (nSPS) is 16.0. The largest absolute Gasteiger partial charge is 0.493 e. The van der Waals surface area contributed by atoms with E-state index in [0.29, 0.717) is 22.9 Å². The van der Waals surface area contributed by atoms with E-state index in [-0.39, 0.29) is 21.7 Å². The van der Waals surface area contributed by atoms with Crippen LogP contribution >= 0.6 is 11.8 Å². The smallest absolute Gasteiger partial charge is 0.261 e. The number of methoxy groups -OCH3 is 3. The molecule has 0 saturated heterocycles. The van der Waals surface area contributed by atoms with Gasteiger partial charge in [0.25, 0.3) is 10.0 Å². The van der Waals surface area contributed by atoms with Crippen molar-refractivity contribution in [2.75, 3.05) is 31.4 Å². The minimum absolute atomic E-state index is 0.0236. The molecule has 1 amide bonds. The molecule has 1 heterocycles. The molecular formula is C18H20N2O6S2. The number of ether oxygens (including phenoxy) is 3. The SMILES string of the molecule is COc1cc(NS(=O)(=O)c2ccc3c(c2)NC(=O)[C@@H](C)S3)cc(OC)c1OC. The summed E-state index contributed by atoms with van der Waals surface area (Å²) in [5.41, 5.74) is 0.722. The van der Waals surface area contributed by atoms with Crippen molar-refractivity contribution in [3.05, 3.63) is 30.3 Å². The van der Waals surface area contributed by atoms with Crippen molar-refractivity contribution < 1.29 is 27.4 Å². The third kappa shape index (κ3) is 3.83. The van der Waals surface area contributed by atoms with Gasteiger partial charge in [-0.2, -0.15) is 0 Å². The standard InChI is InChI=1S/C18H20N2O6S2/c1-10-18(21)19-13-9-12(5-6-16(13)27-10)28(22,23)20-11-7-14(24-2)17(26-4)15(8-11)25-3/h5-10,20H,1-4H3,(H,19,21)/t10-/m1/s1. The lowest BCUT2D eigenvalue weighted by molar-refractivity contribution is -0.115. The fraction of sp³-hybridized carbons (Fsp3) is 0.278. The van der Waals surface area contributed by atoms with Gasteiger partial charge in [-0.1, -0.05) is 0 Å². The van der Waals surface area contributed by atoms with Crippen LogP contribution in [0, 0.1) is 0 Å². The second kappa shape index (κ2) is 7.80. The van der Waals surface area contributed by atoms with Crippen molar-refractivity contribution in [3.8, 4) is 17.2 Å². The van der Waals surface area contributed by atoms with E-state index in [0.717, 1.165) is 4.90 Å². The summed E-state index contributed by atoms with van der Waals surface area (Å²) in [6.45, 7) is 1.79. The number of fused-ring (bicyclic) bond motifs is 1. The molecule has 1 atom stereocenters. The van der Waals surface area contributed by atoms with Crippen LogP contribution in [0.4, 0.5) is 11.4 Å². The van der Waals surface area contributed by atoms with Gasteiger partial charge < -0.3 is 19.5 Å². The van der Waals surface area contributed by atoms with Crippen LogP contribution in [0.3, 0.4) is 0 Å². The predicted molar refractivity (Wildman–Crippen MR) is 107 cm³/mol. The number of nitrogens with one attached hydrogen (secondary N) is 2. The number of benzene rings is 2. The second-order valence-electron chi connectivity index (χ2n) is 5.93. The summed E-state index contributed by atoms with van der Waals surface area (Å²) in [6, 6.07) is 7.61. The number of hydrogen-bond donors (Lipinski definition) is 2. The van der Waals surface area contributed by atoms with Gasteiger partial charge in [0.2, 0.25) is 11.7 Å². The molecule has 2 aromatic rings. The summed E-state index contributed by atoms with van der Waals surface area (Å²) >= 11 is 1.38. The Bertz CT molecular complexity index is 998. The monoisotopic (exact) mass is 424 g/mol. The van der Waals surface area contributed by atoms with Crippen molar-refractivity contribution in [1.29, 1.82) is 0 Å². The van der Waals surface area contributed by atoms with Crippen LogP contribution in [-0.4, -0.2) is 40.9 Å². The van der Waals surface area contributed by atoms with E-state index in [1.54, 1.807) is 13.0 Å². The van der Waals surface area contributed by atoms with Gasteiger partial charge in [0, 0.05) is 17.0 Å². The Labute approximate surface area is 167 Å². The minimum atomic E-state index is -3.91. The molecule has 0 unspecified atom stereocenters. The van der Waals surface area contributed by atoms with Crippen molar-refractivity contribution >= 4 is 39.1 Å². The molecule has 28 heavy (non-hydrogen) atoms. The van der Waals surface area contributed by atoms with Gasteiger partial charge >= 0.3 is 0 Å². The second-order valence-corrected chi connectivity index (χ2v) is 8.99. The maximum atomic E-state index is 12.8. The molecule has 150 valence electrons. The Hall–Kier alpha value is -2.59. The van der Waals surface area contributed by atoms with Crippen LogP contribution in [0.1, 0.15) is 6.92 Å². The lowest BCUT2D eigenvalue weighted by Gasteiger charge is -2.22. The highest BCUT2D eigenvalue weighted by Gasteiger charge is 2.25. The summed E-state index contributed by atoms with van der Waals surface area (Å²) < 4.78 is 43.9. The van der Waals surface area contributed by atoms with Crippen molar-refractivity contribution in [1.82, 2.24) is 0 Å². The maximum absolute atomic E-state index is 12.8. The molecule has 0 saturated carbocycles. The van der Waals surface area contributed by atoms with Gasteiger partial charge in [-0.25, -0.2) is 8.42 Å². The number of sulfonamides is 1.